The predicted octanol–water partition coefficient (Wildman–Crippen LogP) is 3.79. The fourth-order valence-corrected chi connectivity index (χ4v) is 5.21. The van der Waals surface area contributed by atoms with Crippen LogP contribution in [0.3, 0.4) is 0 Å². The zero-order valence-corrected chi connectivity index (χ0v) is 22.6. The molecule has 1 N–H and O–H groups in total. The van der Waals surface area contributed by atoms with Gasteiger partial charge in [0.25, 0.3) is 11.1 Å². The number of hydrogen-bond donors (Lipinski definition) is 1. The standard InChI is InChI=1S/C27H24FIN4O4/c1-14-24-23(22(31(3)25(14)35)11-16-7-8-17(29)12-21(16)28)26(36)33(19-9-10-19)27(37)32(24)20-6-4-5-18(13-20)30-15(2)34/h4-8,12-13,19H,9-11H2,1-3H3,(H,30,34). The molecule has 4 aromatic rings. The SMILES string of the molecule is CC(=O)Nc1cccc(-n2c(=O)n(C3CC3)c(=O)c3c(Cc4ccc(I)cc4F)n(C)c(=O)c(C)c32)c1. The highest BCUT2D eigenvalue weighted by molar-refractivity contribution is 14.1. The van der Waals surface area contributed by atoms with Gasteiger partial charge in [0, 0.05) is 46.9 Å². The Hall–Kier alpha value is -3.54. The number of aromatic nitrogens is 3. The molecule has 8 nitrogen and oxygen atoms in total. The molecule has 0 unspecified atom stereocenters. The third-order valence-electron chi connectivity index (χ3n) is 6.67. The van der Waals surface area contributed by atoms with E-state index in [1.807, 2.05) is 22.6 Å². The number of aryl methyl sites for hydroxylation is 1. The second-order valence-electron chi connectivity index (χ2n) is 9.33. The Morgan fingerprint density at radius 3 is 2.49 bits per heavy atom. The first-order valence-corrected chi connectivity index (χ1v) is 12.9. The Morgan fingerprint density at radius 2 is 1.84 bits per heavy atom. The minimum Gasteiger partial charge on any atom is -0.326 e. The monoisotopic (exact) mass is 614 g/mol. The van der Waals surface area contributed by atoms with E-state index in [4.69, 9.17) is 0 Å². The number of carbonyl (C=O) groups is 1. The van der Waals surface area contributed by atoms with Crippen LogP contribution in [-0.4, -0.2) is 19.6 Å². The molecule has 2 heterocycles. The molecule has 1 fully saturated rings. The van der Waals surface area contributed by atoms with Crippen molar-refractivity contribution in [2.24, 2.45) is 7.05 Å². The Kier molecular flexibility index (Phi) is 6.38. The van der Waals surface area contributed by atoms with Crippen LogP contribution in [0.2, 0.25) is 0 Å². The lowest BCUT2D eigenvalue weighted by Crippen LogP contribution is -2.41. The predicted molar refractivity (Wildman–Crippen MR) is 148 cm³/mol. The quantitative estimate of drug-likeness (QED) is 0.347. The van der Waals surface area contributed by atoms with Gasteiger partial charge in [-0.1, -0.05) is 12.1 Å². The molecule has 1 aliphatic rings. The van der Waals surface area contributed by atoms with Crippen LogP contribution < -0.4 is 22.1 Å². The molecule has 0 saturated heterocycles. The molecular weight excluding hydrogens is 590 g/mol. The van der Waals surface area contributed by atoms with Gasteiger partial charge in [0.2, 0.25) is 5.91 Å². The number of pyridine rings is 1. The summed E-state index contributed by atoms with van der Waals surface area (Å²) in [5.41, 5.74) is 0.528. The minimum absolute atomic E-state index is 0.00465. The van der Waals surface area contributed by atoms with E-state index in [-0.39, 0.29) is 40.4 Å². The molecule has 0 radical (unpaired) electrons. The lowest BCUT2D eigenvalue weighted by atomic mass is 10.0. The van der Waals surface area contributed by atoms with Crippen molar-refractivity contribution < 1.29 is 9.18 Å². The molecule has 1 aliphatic carbocycles. The van der Waals surface area contributed by atoms with E-state index in [0.29, 0.717) is 35.5 Å². The van der Waals surface area contributed by atoms with E-state index < -0.39 is 17.1 Å². The Morgan fingerprint density at radius 1 is 1.11 bits per heavy atom. The summed E-state index contributed by atoms with van der Waals surface area (Å²) < 4.78 is 19.6. The molecule has 0 aliphatic heterocycles. The zero-order valence-electron chi connectivity index (χ0n) is 20.5. The molecular formula is C27H24FIN4O4. The van der Waals surface area contributed by atoms with Crippen molar-refractivity contribution in [3.63, 3.8) is 0 Å². The number of anilines is 1. The smallest absolute Gasteiger partial charge is 0.326 e. The van der Waals surface area contributed by atoms with E-state index in [9.17, 15) is 23.6 Å². The molecule has 0 spiro atoms. The largest absolute Gasteiger partial charge is 0.336 e. The van der Waals surface area contributed by atoms with Crippen molar-refractivity contribution in [3.8, 4) is 5.69 Å². The molecule has 2 aromatic heterocycles. The van der Waals surface area contributed by atoms with Gasteiger partial charge in [-0.3, -0.25) is 23.5 Å². The minimum atomic E-state index is -0.553. The summed E-state index contributed by atoms with van der Waals surface area (Å²) in [5, 5.41) is 2.91. The highest BCUT2D eigenvalue weighted by Gasteiger charge is 2.31. The number of fused-ring (bicyclic) bond motifs is 1. The number of amides is 1. The molecule has 5 rings (SSSR count). The van der Waals surface area contributed by atoms with Crippen LogP contribution in [0.1, 0.15) is 42.6 Å². The number of nitrogens with zero attached hydrogens (tertiary/aromatic N) is 3. The number of halogens is 2. The molecule has 2 aromatic carbocycles. The Labute approximate surface area is 224 Å². The topological polar surface area (TPSA) is 95.1 Å². The number of rotatable bonds is 5. The fraction of sp³-hybridized carbons (Fsp3) is 0.259. The molecule has 0 bridgehead atoms. The summed E-state index contributed by atoms with van der Waals surface area (Å²) >= 11 is 2.02. The summed E-state index contributed by atoms with van der Waals surface area (Å²) in [7, 11) is 1.56. The van der Waals surface area contributed by atoms with Gasteiger partial charge in [0.15, 0.2) is 0 Å². The molecule has 10 heteroatoms. The van der Waals surface area contributed by atoms with Gasteiger partial charge in [-0.15, -0.1) is 0 Å². The van der Waals surface area contributed by atoms with E-state index in [2.05, 4.69) is 5.32 Å². The van der Waals surface area contributed by atoms with Crippen molar-refractivity contribution in [3.05, 3.63) is 99.9 Å². The lowest BCUT2D eigenvalue weighted by molar-refractivity contribution is -0.114. The molecule has 37 heavy (non-hydrogen) atoms. The maximum absolute atomic E-state index is 14.9. The van der Waals surface area contributed by atoms with Gasteiger partial charge in [-0.05, 0) is 78.3 Å². The Bertz CT molecular complexity index is 1780. The molecule has 1 amide bonds. The maximum atomic E-state index is 14.9. The summed E-state index contributed by atoms with van der Waals surface area (Å²) in [6.45, 7) is 2.96. The average Bonchev–Trinajstić information content (AvgIpc) is 3.67. The normalized spacial score (nSPS) is 13.2. The number of nitrogens with one attached hydrogen (secondary N) is 1. The van der Waals surface area contributed by atoms with Crippen LogP contribution in [0.25, 0.3) is 16.6 Å². The van der Waals surface area contributed by atoms with Gasteiger partial charge in [-0.2, -0.15) is 0 Å². The number of hydrogen-bond acceptors (Lipinski definition) is 4. The summed E-state index contributed by atoms with van der Waals surface area (Å²) in [4.78, 5) is 52.7. The average molecular weight is 614 g/mol. The van der Waals surface area contributed by atoms with Crippen molar-refractivity contribution in [1.82, 2.24) is 13.7 Å². The van der Waals surface area contributed by atoms with Crippen molar-refractivity contribution in [2.45, 2.75) is 39.2 Å². The van der Waals surface area contributed by atoms with Crippen molar-refractivity contribution in [1.29, 1.82) is 0 Å². The number of benzene rings is 2. The zero-order chi connectivity index (χ0) is 26.6. The van der Waals surface area contributed by atoms with Crippen LogP contribution in [-0.2, 0) is 18.3 Å². The van der Waals surface area contributed by atoms with E-state index >= 15 is 0 Å². The Balaban J connectivity index is 1.90. The fourth-order valence-electron chi connectivity index (χ4n) is 4.75. The molecule has 190 valence electrons. The van der Waals surface area contributed by atoms with Crippen LogP contribution in [0, 0.1) is 16.3 Å². The van der Waals surface area contributed by atoms with Gasteiger partial charge < -0.3 is 9.88 Å². The second kappa shape index (κ2) is 9.40. The van der Waals surface area contributed by atoms with Crippen LogP contribution >= 0.6 is 22.6 Å². The van der Waals surface area contributed by atoms with Crippen molar-refractivity contribution in [2.75, 3.05) is 5.32 Å². The summed E-state index contributed by atoms with van der Waals surface area (Å²) in [5.74, 6) is -0.712. The maximum Gasteiger partial charge on any atom is 0.336 e. The molecule has 1 saturated carbocycles. The third kappa shape index (κ3) is 4.43. The van der Waals surface area contributed by atoms with Crippen molar-refractivity contribution >= 4 is 45.1 Å². The van der Waals surface area contributed by atoms with Gasteiger partial charge in [0.05, 0.1) is 16.6 Å². The van der Waals surface area contributed by atoms with E-state index in [0.717, 1.165) is 3.57 Å². The highest BCUT2D eigenvalue weighted by Crippen LogP contribution is 2.33. The van der Waals surface area contributed by atoms with Crippen LogP contribution in [0.5, 0.6) is 0 Å². The van der Waals surface area contributed by atoms with Gasteiger partial charge >= 0.3 is 5.69 Å². The lowest BCUT2D eigenvalue weighted by Gasteiger charge is -2.20. The number of carbonyl (C=O) groups excluding carboxylic acids is 1. The van der Waals surface area contributed by atoms with Gasteiger partial charge in [-0.25, -0.2) is 9.18 Å². The summed E-state index contributed by atoms with van der Waals surface area (Å²) in [6.07, 6.45) is 1.38. The summed E-state index contributed by atoms with van der Waals surface area (Å²) in [6, 6.07) is 11.2. The first-order chi connectivity index (χ1) is 17.6. The van der Waals surface area contributed by atoms with E-state index in [1.54, 1.807) is 50.4 Å². The van der Waals surface area contributed by atoms with Crippen LogP contribution in [0.15, 0.2) is 56.8 Å². The first kappa shape index (κ1) is 25.1. The molecule has 0 atom stereocenters. The van der Waals surface area contributed by atoms with Gasteiger partial charge in [0.1, 0.15) is 5.82 Å². The highest BCUT2D eigenvalue weighted by atomic mass is 127. The van der Waals surface area contributed by atoms with Crippen LogP contribution in [0.4, 0.5) is 10.1 Å². The second-order valence-corrected chi connectivity index (χ2v) is 10.6. The third-order valence-corrected chi connectivity index (χ3v) is 7.35. The first-order valence-electron chi connectivity index (χ1n) is 11.8. The van der Waals surface area contributed by atoms with E-state index in [1.165, 1.54) is 26.7 Å².